The number of rotatable bonds is 3. The maximum atomic E-state index is 11.2. The first-order valence-corrected chi connectivity index (χ1v) is 5.86. The van der Waals surface area contributed by atoms with Crippen LogP contribution in [-0.2, 0) is 33.3 Å². The zero-order chi connectivity index (χ0) is 14.8. The van der Waals surface area contributed by atoms with Gasteiger partial charge in [0.15, 0.2) is 6.10 Å². The van der Waals surface area contributed by atoms with E-state index in [1.54, 1.807) is 6.92 Å². The van der Waals surface area contributed by atoms with E-state index in [9.17, 15) is 14.4 Å². The molecule has 0 N–H and O–H groups in total. The Morgan fingerprint density at radius 1 is 1.00 bits per heavy atom. The van der Waals surface area contributed by atoms with Crippen molar-refractivity contribution in [1.82, 2.24) is 0 Å². The number of esters is 3. The van der Waals surface area contributed by atoms with Gasteiger partial charge in [-0.15, -0.1) is 0 Å². The fourth-order valence-electron chi connectivity index (χ4n) is 2.10. The Morgan fingerprint density at radius 2 is 1.53 bits per heavy atom. The normalized spacial score (nSPS) is 33.6. The number of carbonyl (C=O) groups excluding carboxylic acids is 3. The number of hydrogen-bond acceptors (Lipinski definition) is 7. The van der Waals surface area contributed by atoms with Crippen molar-refractivity contribution in [3.63, 3.8) is 0 Å². The lowest BCUT2D eigenvalue weighted by Gasteiger charge is -2.32. The fourth-order valence-corrected chi connectivity index (χ4v) is 2.10. The first-order chi connectivity index (χ1) is 8.66. The molecule has 1 unspecified atom stereocenters. The van der Waals surface area contributed by atoms with Crippen molar-refractivity contribution in [3.05, 3.63) is 0 Å². The van der Waals surface area contributed by atoms with Gasteiger partial charge in [-0.1, -0.05) is 0 Å². The molecule has 0 radical (unpaired) electrons. The van der Waals surface area contributed by atoms with Gasteiger partial charge in [-0.2, -0.15) is 0 Å². The van der Waals surface area contributed by atoms with Crippen molar-refractivity contribution in [2.24, 2.45) is 0 Å². The minimum atomic E-state index is -1.37. The van der Waals surface area contributed by atoms with Crippen LogP contribution in [0.15, 0.2) is 0 Å². The van der Waals surface area contributed by atoms with Crippen LogP contribution in [0.3, 0.4) is 0 Å². The molecule has 4 atom stereocenters. The van der Waals surface area contributed by atoms with Gasteiger partial charge in [0.1, 0.15) is 6.10 Å². The summed E-state index contributed by atoms with van der Waals surface area (Å²) in [6.45, 7) is 6.79. The van der Waals surface area contributed by atoms with Crippen molar-refractivity contribution in [1.29, 1.82) is 0 Å². The Hall–Kier alpha value is -1.63. The lowest BCUT2D eigenvalue weighted by Crippen LogP contribution is -2.51. The topological polar surface area (TPSA) is 88.1 Å². The zero-order valence-electron chi connectivity index (χ0n) is 11.6. The minimum absolute atomic E-state index is 0.540. The van der Waals surface area contributed by atoms with Crippen LogP contribution in [0.4, 0.5) is 0 Å². The molecule has 1 fully saturated rings. The number of ether oxygens (including phenoxy) is 4. The second kappa shape index (κ2) is 5.56. The van der Waals surface area contributed by atoms with Crippen LogP contribution in [0.25, 0.3) is 0 Å². The Kier molecular flexibility index (Phi) is 4.52. The third-order valence-electron chi connectivity index (χ3n) is 2.73. The standard InChI is InChI=1S/C12H18O7/c1-6-10(17-7(2)13)12(5,19-9(4)15)11(16-6)18-8(3)14/h6,10-11H,1-5H3/t6-,10+,11?,12+/m0/s1. The van der Waals surface area contributed by atoms with E-state index in [-0.39, 0.29) is 0 Å². The summed E-state index contributed by atoms with van der Waals surface area (Å²) in [5, 5.41) is 0. The molecule has 0 aromatic carbocycles. The quantitative estimate of drug-likeness (QED) is 0.548. The van der Waals surface area contributed by atoms with Gasteiger partial charge in [-0.25, -0.2) is 0 Å². The summed E-state index contributed by atoms with van der Waals surface area (Å²) in [4.78, 5) is 33.4. The molecule has 1 aliphatic rings. The summed E-state index contributed by atoms with van der Waals surface area (Å²) < 4.78 is 20.7. The summed E-state index contributed by atoms with van der Waals surface area (Å²) in [5.41, 5.74) is -1.37. The summed E-state index contributed by atoms with van der Waals surface area (Å²) in [6, 6.07) is 0. The Labute approximate surface area is 111 Å². The third kappa shape index (κ3) is 3.44. The predicted octanol–water partition coefficient (Wildman–Crippen LogP) is 0.548. The average molecular weight is 274 g/mol. The van der Waals surface area contributed by atoms with Gasteiger partial charge >= 0.3 is 17.9 Å². The highest BCUT2D eigenvalue weighted by Gasteiger charge is 2.59. The largest absolute Gasteiger partial charge is 0.455 e. The highest BCUT2D eigenvalue weighted by atomic mass is 16.8. The number of hydrogen-bond donors (Lipinski definition) is 0. The van der Waals surface area contributed by atoms with E-state index in [1.807, 2.05) is 0 Å². The maximum absolute atomic E-state index is 11.2. The minimum Gasteiger partial charge on any atom is -0.455 e. The van der Waals surface area contributed by atoms with Gasteiger partial charge < -0.3 is 18.9 Å². The van der Waals surface area contributed by atoms with Gasteiger partial charge in [0, 0.05) is 20.8 Å². The second-order valence-electron chi connectivity index (χ2n) is 4.59. The van der Waals surface area contributed by atoms with Gasteiger partial charge in [0.25, 0.3) is 0 Å². The summed E-state index contributed by atoms with van der Waals surface area (Å²) >= 11 is 0. The highest BCUT2D eigenvalue weighted by Crippen LogP contribution is 2.37. The van der Waals surface area contributed by atoms with E-state index >= 15 is 0 Å². The predicted molar refractivity (Wildman–Crippen MR) is 61.8 cm³/mol. The zero-order valence-corrected chi connectivity index (χ0v) is 11.6. The molecule has 1 heterocycles. The monoisotopic (exact) mass is 274 g/mol. The van der Waals surface area contributed by atoms with E-state index in [0.717, 1.165) is 0 Å². The SMILES string of the molecule is CC(=O)OC1O[C@@H](C)[C@@H](OC(C)=O)[C@@]1(C)OC(C)=O. The van der Waals surface area contributed by atoms with E-state index in [0.29, 0.717) is 0 Å². The Bertz CT molecular complexity index is 392. The molecule has 0 aromatic heterocycles. The molecule has 1 saturated heterocycles. The van der Waals surface area contributed by atoms with Gasteiger partial charge in [0.2, 0.25) is 11.9 Å². The molecule has 108 valence electrons. The van der Waals surface area contributed by atoms with Crippen LogP contribution in [-0.4, -0.2) is 42.0 Å². The lowest BCUT2D eigenvalue weighted by atomic mass is 9.97. The van der Waals surface area contributed by atoms with Crippen LogP contribution < -0.4 is 0 Å². The fraction of sp³-hybridized carbons (Fsp3) is 0.750. The lowest BCUT2D eigenvalue weighted by molar-refractivity contribution is -0.219. The molecule has 19 heavy (non-hydrogen) atoms. The maximum Gasteiger partial charge on any atom is 0.305 e. The van der Waals surface area contributed by atoms with Gasteiger partial charge in [-0.3, -0.25) is 14.4 Å². The smallest absolute Gasteiger partial charge is 0.305 e. The van der Waals surface area contributed by atoms with E-state index in [2.05, 4.69) is 0 Å². The van der Waals surface area contributed by atoms with Crippen LogP contribution in [0.2, 0.25) is 0 Å². The van der Waals surface area contributed by atoms with Gasteiger partial charge in [-0.05, 0) is 13.8 Å². The van der Waals surface area contributed by atoms with Crippen molar-refractivity contribution in [2.75, 3.05) is 0 Å². The molecule has 0 aliphatic carbocycles. The molecular weight excluding hydrogens is 256 g/mol. The van der Waals surface area contributed by atoms with Gasteiger partial charge in [0.05, 0.1) is 0 Å². The van der Waals surface area contributed by atoms with E-state index in [1.165, 1.54) is 27.7 Å². The summed E-state index contributed by atoms with van der Waals surface area (Å²) in [6.07, 6.45) is -2.54. The van der Waals surface area contributed by atoms with Crippen LogP contribution in [0, 0.1) is 0 Å². The first-order valence-electron chi connectivity index (χ1n) is 5.86. The van der Waals surface area contributed by atoms with Crippen LogP contribution >= 0.6 is 0 Å². The number of carbonyl (C=O) groups is 3. The summed E-state index contributed by atoms with van der Waals surface area (Å²) in [7, 11) is 0. The molecule has 0 bridgehead atoms. The molecule has 0 amide bonds. The van der Waals surface area contributed by atoms with Crippen molar-refractivity contribution in [2.45, 2.75) is 58.7 Å². The second-order valence-corrected chi connectivity index (χ2v) is 4.59. The average Bonchev–Trinajstić information content (AvgIpc) is 2.40. The Balaban J connectivity index is 3.03. The molecular formula is C12H18O7. The first kappa shape index (κ1) is 15.4. The van der Waals surface area contributed by atoms with Crippen molar-refractivity contribution >= 4 is 17.9 Å². The molecule has 1 rings (SSSR count). The van der Waals surface area contributed by atoms with Crippen molar-refractivity contribution < 1.29 is 33.3 Å². The van der Waals surface area contributed by atoms with Crippen molar-refractivity contribution in [3.8, 4) is 0 Å². The molecule has 0 saturated carbocycles. The molecule has 7 heteroatoms. The highest BCUT2D eigenvalue weighted by molar-refractivity contribution is 5.69. The summed E-state index contributed by atoms with van der Waals surface area (Å²) in [5.74, 6) is -1.71. The van der Waals surface area contributed by atoms with Crippen LogP contribution in [0.5, 0.6) is 0 Å². The third-order valence-corrected chi connectivity index (χ3v) is 2.73. The van der Waals surface area contributed by atoms with E-state index in [4.69, 9.17) is 18.9 Å². The molecule has 7 nitrogen and oxygen atoms in total. The molecule has 0 spiro atoms. The van der Waals surface area contributed by atoms with Crippen LogP contribution in [0.1, 0.15) is 34.6 Å². The Morgan fingerprint density at radius 3 is 1.95 bits per heavy atom. The van der Waals surface area contributed by atoms with E-state index < -0.39 is 42.0 Å². The molecule has 0 aromatic rings. The molecule has 1 aliphatic heterocycles.